The minimum absolute atomic E-state index is 0.141. The SMILES string of the molecule is CCOC(=O)[C@@H]1CCCN(C2=NC(=O)/C(=C/c3ccc(C)cc3)S2)C1. The van der Waals surface area contributed by atoms with Gasteiger partial charge in [-0.3, -0.25) is 9.59 Å². The number of esters is 1. The molecule has 0 saturated carbocycles. The monoisotopic (exact) mass is 358 g/mol. The number of likely N-dealkylation sites (tertiary alicyclic amines) is 1. The summed E-state index contributed by atoms with van der Waals surface area (Å²) in [6.45, 7) is 5.62. The Morgan fingerprint density at radius 2 is 2.16 bits per heavy atom. The van der Waals surface area contributed by atoms with Crippen LogP contribution in [-0.2, 0) is 14.3 Å². The average Bonchev–Trinajstić information content (AvgIpc) is 2.98. The lowest BCUT2D eigenvalue weighted by Crippen LogP contribution is -2.41. The van der Waals surface area contributed by atoms with Gasteiger partial charge >= 0.3 is 5.97 Å². The second kappa shape index (κ2) is 7.87. The van der Waals surface area contributed by atoms with E-state index in [9.17, 15) is 9.59 Å². The van der Waals surface area contributed by atoms with Gasteiger partial charge in [-0.1, -0.05) is 29.8 Å². The fraction of sp³-hybridized carbons (Fsp3) is 0.421. The summed E-state index contributed by atoms with van der Waals surface area (Å²) in [6.07, 6.45) is 3.59. The van der Waals surface area contributed by atoms with Gasteiger partial charge in [-0.15, -0.1) is 0 Å². The molecule has 0 aromatic heterocycles. The first-order chi connectivity index (χ1) is 12.1. The zero-order valence-corrected chi connectivity index (χ0v) is 15.3. The number of amides is 1. The maximum atomic E-state index is 12.2. The maximum Gasteiger partial charge on any atom is 0.310 e. The van der Waals surface area contributed by atoms with Crippen LogP contribution in [0, 0.1) is 12.8 Å². The second-order valence-corrected chi connectivity index (χ2v) is 7.27. The minimum atomic E-state index is -0.209. The van der Waals surface area contributed by atoms with Gasteiger partial charge in [0, 0.05) is 13.1 Å². The largest absolute Gasteiger partial charge is 0.466 e. The Kier molecular flexibility index (Phi) is 5.58. The number of piperidine rings is 1. The van der Waals surface area contributed by atoms with Crippen LogP contribution in [0.2, 0.25) is 0 Å². The van der Waals surface area contributed by atoms with Gasteiger partial charge in [0.25, 0.3) is 5.91 Å². The topological polar surface area (TPSA) is 59.0 Å². The van der Waals surface area contributed by atoms with Crippen LogP contribution >= 0.6 is 11.8 Å². The Hall–Kier alpha value is -2.08. The van der Waals surface area contributed by atoms with Crippen molar-refractivity contribution in [2.24, 2.45) is 10.9 Å². The van der Waals surface area contributed by atoms with Gasteiger partial charge in [-0.25, -0.2) is 0 Å². The highest BCUT2D eigenvalue weighted by atomic mass is 32.2. The number of carbonyl (C=O) groups is 2. The summed E-state index contributed by atoms with van der Waals surface area (Å²) in [5, 5.41) is 0.692. The zero-order chi connectivity index (χ0) is 17.8. The quantitative estimate of drug-likeness (QED) is 0.613. The smallest absolute Gasteiger partial charge is 0.310 e. The van der Waals surface area contributed by atoms with E-state index in [1.807, 2.05) is 49.1 Å². The molecule has 0 bridgehead atoms. The molecular formula is C19H22N2O3S. The standard InChI is InChI=1S/C19H22N2O3S/c1-3-24-18(23)15-5-4-10-21(12-15)19-20-17(22)16(25-19)11-14-8-6-13(2)7-9-14/h6-9,11,15H,3-5,10,12H2,1-2H3/b16-11-/t15-/m1/s1. The molecule has 25 heavy (non-hydrogen) atoms. The van der Waals surface area contributed by atoms with E-state index in [0.717, 1.165) is 24.9 Å². The summed E-state index contributed by atoms with van der Waals surface area (Å²) in [4.78, 5) is 31.1. The van der Waals surface area contributed by atoms with E-state index in [1.165, 1.54) is 17.3 Å². The number of benzene rings is 1. The van der Waals surface area contributed by atoms with Crippen LogP contribution in [0.25, 0.3) is 6.08 Å². The molecule has 1 saturated heterocycles. The number of amidine groups is 1. The van der Waals surface area contributed by atoms with Crippen LogP contribution in [0.15, 0.2) is 34.2 Å². The van der Waals surface area contributed by atoms with Crippen LogP contribution in [0.1, 0.15) is 30.9 Å². The molecule has 2 aliphatic rings. The third-order valence-electron chi connectivity index (χ3n) is 4.30. The third-order valence-corrected chi connectivity index (χ3v) is 5.34. The lowest BCUT2D eigenvalue weighted by atomic mass is 9.99. The minimum Gasteiger partial charge on any atom is -0.466 e. The third kappa shape index (κ3) is 4.31. The van der Waals surface area contributed by atoms with Crippen LogP contribution in [0.5, 0.6) is 0 Å². The molecule has 1 amide bonds. The average molecular weight is 358 g/mol. The Morgan fingerprint density at radius 1 is 1.40 bits per heavy atom. The Bertz CT molecular complexity index is 725. The highest BCUT2D eigenvalue weighted by molar-refractivity contribution is 8.18. The maximum absolute atomic E-state index is 12.2. The van der Waals surface area contributed by atoms with Crippen molar-refractivity contribution < 1.29 is 14.3 Å². The molecule has 0 unspecified atom stereocenters. The molecule has 2 heterocycles. The number of ether oxygens (including phenoxy) is 1. The Labute approximate surface area is 152 Å². The summed E-state index contributed by atoms with van der Waals surface area (Å²) < 4.78 is 5.13. The first-order valence-electron chi connectivity index (χ1n) is 8.57. The highest BCUT2D eigenvalue weighted by Crippen LogP contribution is 2.32. The molecule has 5 nitrogen and oxygen atoms in total. The predicted octanol–water partition coefficient (Wildman–Crippen LogP) is 3.24. The van der Waals surface area contributed by atoms with Crippen molar-refractivity contribution in [3.05, 3.63) is 40.3 Å². The van der Waals surface area contributed by atoms with E-state index in [2.05, 4.69) is 4.99 Å². The number of rotatable bonds is 3. The summed E-state index contributed by atoms with van der Waals surface area (Å²) in [5.41, 5.74) is 2.17. The fourth-order valence-corrected chi connectivity index (χ4v) is 3.90. The van der Waals surface area contributed by atoms with Crippen LogP contribution in [0.4, 0.5) is 0 Å². The first kappa shape index (κ1) is 17.7. The number of hydrogen-bond donors (Lipinski definition) is 0. The molecule has 0 aliphatic carbocycles. The molecule has 0 N–H and O–H groups in total. The van der Waals surface area contributed by atoms with Crippen molar-refractivity contribution in [1.29, 1.82) is 0 Å². The fourth-order valence-electron chi connectivity index (χ4n) is 2.95. The van der Waals surface area contributed by atoms with Crippen molar-refractivity contribution in [3.8, 4) is 0 Å². The van der Waals surface area contributed by atoms with Crippen molar-refractivity contribution >= 4 is 34.9 Å². The summed E-state index contributed by atoms with van der Waals surface area (Å²) in [6, 6.07) is 8.03. The predicted molar refractivity (Wildman–Crippen MR) is 100 cm³/mol. The molecule has 1 aromatic carbocycles. The van der Waals surface area contributed by atoms with E-state index in [0.29, 0.717) is 23.2 Å². The Balaban J connectivity index is 1.68. The number of hydrogen-bond acceptors (Lipinski definition) is 5. The number of carbonyl (C=O) groups excluding carboxylic acids is 2. The molecule has 1 atom stereocenters. The van der Waals surface area contributed by atoms with Crippen molar-refractivity contribution in [2.75, 3.05) is 19.7 Å². The van der Waals surface area contributed by atoms with Crippen molar-refractivity contribution in [3.63, 3.8) is 0 Å². The highest BCUT2D eigenvalue weighted by Gasteiger charge is 2.32. The molecule has 0 spiro atoms. The number of thioether (sulfide) groups is 1. The van der Waals surface area contributed by atoms with Gasteiger partial charge in [0.05, 0.1) is 17.4 Å². The van der Waals surface area contributed by atoms with Gasteiger partial charge in [-0.2, -0.15) is 4.99 Å². The normalized spacial score (nSPS) is 22.2. The van der Waals surface area contributed by atoms with E-state index in [1.54, 1.807) is 0 Å². The summed E-state index contributed by atoms with van der Waals surface area (Å²) in [5.74, 6) is -0.506. The van der Waals surface area contributed by atoms with Crippen LogP contribution in [0.3, 0.4) is 0 Å². The lowest BCUT2D eigenvalue weighted by molar-refractivity contribution is -0.149. The van der Waals surface area contributed by atoms with Gasteiger partial charge in [0.2, 0.25) is 0 Å². The van der Waals surface area contributed by atoms with Crippen molar-refractivity contribution in [2.45, 2.75) is 26.7 Å². The number of aliphatic imine (C=N–C) groups is 1. The van der Waals surface area contributed by atoms with Gasteiger partial charge in [0.1, 0.15) is 0 Å². The first-order valence-corrected chi connectivity index (χ1v) is 9.39. The zero-order valence-electron chi connectivity index (χ0n) is 14.5. The number of nitrogens with zero attached hydrogens (tertiary/aromatic N) is 2. The van der Waals surface area contributed by atoms with E-state index in [-0.39, 0.29) is 17.8 Å². The van der Waals surface area contributed by atoms with Crippen molar-refractivity contribution in [1.82, 2.24) is 4.90 Å². The number of aryl methyl sites for hydroxylation is 1. The van der Waals surface area contributed by atoms with Crippen LogP contribution < -0.4 is 0 Å². The molecule has 1 aromatic rings. The van der Waals surface area contributed by atoms with Crippen LogP contribution in [-0.4, -0.2) is 41.6 Å². The molecule has 132 valence electrons. The van der Waals surface area contributed by atoms with E-state index < -0.39 is 0 Å². The molecule has 1 fully saturated rings. The molecule has 3 rings (SSSR count). The van der Waals surface area contributed by atoms with E-state index in [4.69, 9.17) is 4.74 Å². The van der Waals surface area contributed by atoms with Gasteiger partial charge in [0.15, 0.2) is 5.17 Å². The molecule has 6 heteroatoms. The molecule has 2 aliphatic heterocycles. The lowest BCUT2D eigenvalue weighted by Gasteiger charge is -2.32. The van der Waals surface area contributed by atoms with Gasteiger partial charge in [-0.05, 0) is 50.1 Å². The van der Waals surface area contributed by atoms with E-state index >= 15 is 0 Å². The molecular weight excluding hydrogens is 336 g/mol. The summed E-state index contributed by atoms with van der Waals surface area (Å²) in [7, 11) is 0. The second-order valence-electron chi connectivity index (χ2n) is 6.26. The van der Waals surface area contributed by atoms with Gasteiger partial charge < -0.3 is 9.64 Å². The molecule has 0 radical (unpaired) electrons. The summed E-state index contributed by atoms with van der Waals surface area (Å²) >= 11 is 1.39. The Morgan fingerprint density at radius 3 is 2.88 bits per heavy atom.